The van der Waals surface area contributed by atoms with Crippen LogP contribution in [0.5, 0.6) is 0 Å². The molecule has 1 aromatic carbocycles. The van der Waals surface area contributed by atoms with Gasteiger partial charge in [0.25, 0.3) is 0 Å². The van der Waals surface area contributed by atoms with Gasteiger partial charge in [-0.25, -0.2) is 0 Å². The third-order valence-electron chi connectivity index (χ3n) is 2.50. The van der Waals surface area contributed by atoms with E-state index in [0.29, 0.717) is 5.92 Å². The number of pyridine rings is 1. The van der Waals surface area contributed by atoms with Crippen molar-refractivity contribution in [2.75, 3.05) is 5.73 Å². The Labute approximate surface area is 97.6 Å². The Morgan fingerprint density at radius 1 is 1.33 bits per heavy atom. The molecule has 78 valence electrons. The van der Waals surface area contributed by atoms with Gasteiger partial charge in [-0.05, 0) is 33.5 Å². The van der Waals surface area contributed by atoms with Gasteiger partial charge in [-0.15, -0.1) is 0 Å². The molecule has 2 N–H and O–H groups in total. The predicted molar refractivity (Wildman–Crippen MR) is 67.9 cm³/mol. The second-order valence-corrected chi connectivity index (χ2v) is 4.77. The monoisotopic (exact) mass is 264 g/mol. The summed E-state index contributed by atoms with van der Waals surface area (Å²) in [7, 11) is 0. The molecule has 0 bridgehead atoms. The molecule has 0 aliphatic rings. The standard InChI is InChI=1S/C12H13BrN2/c1-7(2)11-8-4-3-5-9(13)12(8)15-6-10(11)14/h3-7H,14H2,1-2H3. The summed E-state index contributed by atoms with van der Waals surface area (Å²) in [6, 6.07) is 6.08. The lowest BCUT2D eigenvalue weighted by Gasteiger charge is -2.13. The van der Waals surface area contributed by atoms with Crippen LogP contribution in [0.2, 0.25) is 0 Å². The van der Waals surface area contributed by atoms with E-state index in [1.165, 1.54) is 5.56 Å². The fourth-order valence-electron chi connectivity index (χ4n) is 1.87. The van der Waals surface area contributed by atoms with Gasteiger partial charge in [0, 0.05) is 9.86 Å². The van der Waals surface area contributed by atoms with Crippen LogP contribution in [0.25, 0.3) is 10.9 Å². The molecular weight excluding hydrogens is 252 g/mol. The summed E-state index contributed by atoms with van der Waals surface area (Å²) in [5, 5.41) is 1.14. The van der Waals surface area contributed by atoms with Crippen molar-refractivity contribution in [3.63, 3.8) is 0 Å². The summed E-state index contributed by atoms with van der Waals surface area (Å²) in [4.78, 5) is 4.35. The van der Waals surface area contributed by atoms with Crippen LogP contribution in [0.3, 0.4) is 0 Å². The molecular formula is C12H13BrN2. The van der Waals surface area contributed by atoms with E-state index in [2.05, 4.69) is 40.8 Å². The molecule has 0 saturated carbocycles. The highest BCUT2D eigenvalue weighted by Gasteiger charge is 2.11. The average Bonchev–Trinajstić information content (AvgIpc) is 2.17. The van der Waals surface area contributed by atoms with Crippen molar-refractivity contribution in [2.45, 2.75) is 19.8 Å². The van der Waals surface area contributed by atoms with Gasteiger partial charge in [0.05, 0.1) is 17.4 Å². The second-order valence-electron chi connectivity index (χ2n) is 3.92. The van der Waals surface area contributed by atoms with E-state index in [-0.39, 0.29) is 0 Å². The number of anilines is 1. The molecule has 0 radical (unpaired) electrons. The summed E-state index contributed by atoms with van der Waals surface area (Å²) >= 11 is 3.50. The molecule has 0 aliphatic carbocycles. The van der Waals surface area contributed by atoms with E-state index in [1.54, 1.807) is 6.20 Å². The fourth-order valence-corrected chi connectivity index (χ4v) is 2.34. The lowest BCUT2D eigenvalue weighted by atomic mass is 9.97. The number of rotatable bonds is 1. The molecule has 2 rings (SSSR count). The lowest BCUT2D eigenvalue weighted by molar-refractivity contribution is 0.877. The number of nitrogens with zero attached hydrogens (tertiary/aromatic N) is 1. The predicted octanol–water partition coefficient (Wildman–Crippen LogP) is 3.70. The molecule has 0 fully saturated rings. The van der Waals surface area contributed by atoms with Crippen molar-refractivity contribution < 1.29 is 0 Å². The number of aromatic nitrogens is 1. The SMILES string of the molecule is CC(C)c1c(N)cnc2c(Br)cccc12. The third-order valence-corrected chi connectivity index (χ3v) is 3.14. The summed E-state index contributed by atoms with van der Waals surface area (Å²) in [5.41, 5.74) is 8.90. The number of fused-ring (bicyclic) bond motifs is 1. The van der Waals surface area contributed by atoms with Gasteiger partial charge < -0.3 is 5.73 Å². The fraction of sp³-hybridized carbons (Fsp3) is 0.250. The highest BCUT2D eigenvalue weighted by Crippen LogP contribution is 2.32. The Morgan fingerprint density at radius 2 is 2.07 bits per heavy atom. The van der Waals surface area contributed by atoms with Crippen LogP contribution in [0.4, 0.5) is 5.69 Å². The van der Waals surface area contributed by atoms with E-state index >= 15 is 0 Å². The largest absolute Gasteiger partial charge is 0.397 e. The molecule has 0 atom stereocenters. The van der Waals surface area contributed by atoms with Crippen molar-refractivity contribution in [3.05, 3.63) is 34.4 Å². The smallest absolute Gasteiger partial charge is 0.0848 e. The minimum absolute atomic E-state index is 0.407. The van der Waals surface area contributed by atoms with E-state index < -0.39 is 0 Å². The van der Waals surface area contributed by atoms with Gasteiger partial charge in [0.15, 0.2) is 0 Å². The van der Waals surface area contributed by atoms with Gasteiger partial charge in [-0.2, -0.15) is 0 Å². The van der Waals surface area contributed by atoms with Crippen molar-refractivity contribution in [1.82, 2.24) is 4.98 Å². The molecule has 1 heterocycles. The molecule has 15 heavy (non-hydrogen) atoms. The molecule has 2 aromatic rings. The van der Waals surface area contributed by atoms with E-state index in [1.807, 2.05) is 12.1 Å². The van der Waals surface area contributed by atoms with E-state index in [0.717, 1.165) is 21.1 Å². The first-order chi connectivity index (χ1) is 7.11. The Kier molecular flexibility index (Phi) is 2.65. The van der Waals surface area contributed by atoms with Crippen molar-refractivity contribution >= 4 is 32.5 Å². The average molecular weight is 265 g/mol. The van der Waals surface area contributed by atoms with Gasteiger partial charge >= 0.3 is 0 Å². The summed E-state index contributed by atoms with van der Waals surface area (Å²) in [6.07, 6.45) is 1.74. The van der Waals surface area contributed by atoms with Crippen LogP contribution in [0.15, 0.2) is 28.9 Å². The Bertz CT molecular complexity index is 506. The normalized spacial score (nSPS) is 11.2. The molecule has 0 amide bonds. The Morgan fingerprint density at radius 3 is 2.73 bits per heavy atom. The highest BCUT2D eigenvalue weighted by molar-refractivity contribution is 9.10. The van der Waals surface area contributed by atoms with E-state index in [9.17, 15) is 0 Å². The maximum absolute atomic E-state index is 5.96. The zero-order chi connectivity index (χ0) is 11.0. The molecule has 0 unspecified atom stereocenters. The van der Waals surface area contributed by atoms with Crippen LogP contribution in [-0.2, 0) is 0 Å². The summed E-state index contributed by atoms with van der Waals surface area (Å²) < 4.78 is 1.02. The lowest BCUT2D eigenvalue weighted by Crippen LogP contribution is -1.99. The van der Waals surface area contributed by atoms with Crippen molar-refractivity contribution in [2.24, 2.45) is 0 Å². The van der Waals surface area contributed by atoms with E-state index in [4.69, 9.17) is 5.73 Å². The van der Waals surface area contributed by atoms with Crippen LogP contribution in [-0.4, -0.2) is 4.98 Å². The molecule has 0 aliphatic heterocycles. The van der Waals surface area contributed by atoms with Crippen LogP contribution >= 0.6 is 15.9 Å². The number of halogens is 1. The molecule has 2 nitrogen and oxygen atoms in total. The third kappa shape index (κ3) is 1.72. The zero-order valence-electron chi connectivity index (χ0n) is 8.79. The van der Waals surface area contributed by atoms with Gasteiger partial charge in [-0.1, -0.05) is 26.0 Å². The van der Waals surface area contributed by atoms with Crippen molar-refractivity contribution in [1.29, 1.82) is 0 Å². The highest BCUT2D eigenvalue weighted by atomic mass is 79.9. The first-order valence-electron chi connectivity index (χ1n) is 4.94. The molecule has 3 heteroatoms. The van der Waals surface area contributed by atoms with Crippen molar-refractivity contribution in [3.8, 4) is 0 Å². The first kappa shape index (κ1) is 10.4. The minimum Gasteiger partial charge on any atom is -0.397 e. The van der Waals surface area contributed by atoms with Crippen LogP contribution < -0.4 is 5.73 Å². The number of benzene rings is 1. The van der Waals surface area contributed by atoms with Crippen LogP contribution in [0.1, 0.15) is 25.3 Å². The summed E-state index contributed by atoms with van der Waals surface area (Å²) in [6.45, 7) is 4.29. The number of hydrogen-bond acceptors (Lipinski definition) is 2. The van der Waals surface area contributed by atoms with Gasteiger partial charge in [0.2, 0.25) is 0 Å². The number of para-hydroxylation sites is 1. The number of nitrogens with two attached hydrogens (primary N) is 1. The van der Waals surface area contributed by atoms with Gasteiger partial charge in [0.1, 0.15) is 0 Å². The zero-order valence-corrected chi connectivity index (χ0v) is 10.4. The summed E-state index contributed by atoms with van der Waals surface area (Å²) in [5.74, 6) is 0.407. The topological polar surface area (TPSA) is 38.9 Å². The Hall–Kier alpha value is -1.09. The van der Waals surface area contributed by atoms with Gasteiger partial charge in [-0.3, -0.25) is 4.98 Å². The number of hydrogen-bond donors (Lipinski definition) is 1. The maximum Gasteiger partial charge on any atom is 0.0848 e. The van der Waals surface area contributed by atoms with Crippen LogP contribution in [0, 0.1) is 0 Å². The molecule has 0 saturated heterocycles. The minimum atomic E-state index is 0.407. The first-order valence-corrected chi connectivity index (χ1v) is 5.73. The quantitative estimate of drug-likeness (QED) is 0.853. The Balaban J connectivity index is 2.88. The maximum atomic E-state index is 5.96. The molecule has 0 spiro atoms. The second kappa shape index (κ2) is 3.81. The number of nitrogen functional groups attached to an aromatic ring is 1. The molecule has 1 aromatic heterocycles.